The lowest BCUT2D eigenvalue weighted by molar-refractivity contribution is -0.116. The first-order valence-corrected chi connectivity index (χ1v) is 6.93. The maximum Gasteiger partial charge on any atom is 0.225 e. The van der Waals surface area contributed by atoms with Crippen LogP contribution in [0, 0.1) is 23.1 Å². The molecule has 1 rings (SSSR count). The van der Waals surface area contributed by atoms with Crippen LogP contribution >= 0.6 is 0 Å². The zero-order valence-electron chi connectivity index (χ0n) is 12.4. The van der Waals surface area contributed by atoms with Crippen molar-refractivity contribution < 1.29 is 9.18 Å². The first-order valence-electron chi connectivity index (χ1n) is 6.93. The lowest BCUT2D eigenvalue weighted by Gasteiger charge is -2.21. The normalized spacial score (nSPS) is 12.0. The Balaban J connectivity index is 2.50. The zero-order valence-corrected chi connectivity index (χ0v) is 12.4. The third kappa shape index (κ3) is 5.79. The van der Waals surface area contributed by atoms with Crippen molar-refractivity contribution in [2.75, 3.05) is 30.7 Å². The maximum absolute atomic E-state index is 13.5. The molecule has 3 N–H and O–H groups in total. The predicted octanol–water partition coefficient (Wildman–Crippen LogP) is 2.22. The molecule has 0 bridgehead atoms. The highest BCUT2D eigenvalue weighted by molar-refractivity contribution is 5.91. The molecule has 6 heteroatoms. The standard InChI is InChI=1S/C15H21FN4O/c1-3-20(10-11(2)9-17)7-6-15(21)19-14-8-12(18)4-5-13(14)16/h4-5,8,11H,3,6-7,10,18H2,1-2H3,(H,19,21). The van der Waals surface area contributed by atoms with E-state index < -0.39 is 5.82 Å². The van der Waals surface area contributed by atoms with Crippen LogP contribution in [-0.2, 0) is 4.79 Å². The Morgan fingerprint density at radius 2 is 2.29 bits per heavy atom. The molecule has 0 spiro atoms. The number of nitrogens with two attached hydrogens (primary N) is 1. The van der Waals surface area contributed by atoms with E-state index in [0.29, 0.717) is 18.8 Å². The van der Waals surface area contributed by atoms with Crippen molar-refractivity contribution in [1.29, 1.82) is 5.26 Å². The Labute approximate surface area is 124 Å². The van der Waals surface area contributed by atoms with Gasteiger partial charge >= 0.3 is 0 Å². The molecule has 0 aliphatic heterocycles. The summed E-state index contributed by atoms with van der Waals surface area (Å²) in [4.78, 5) is 13.9. The van der Waals surface area contributed by atoms with Crippen LogP contribution in [0.4, 0.5) is 15.8 Å². The first-order chi connectivity index (χ1) is 9.96. The van der Waals surface area contributed by atoms with Gasteiger partial charge in [0.15, 0.2) is 0 Å². The van der Waals surface area contributed by atoms with Gasteiger partial charge in [0.05, 0.1) is 17.7 Å². The smallest absolute Gasteiger partial charge is 0.225 e. The molecule has 0 saturated carbocycles. The number of benzene rings is 1. The van der Waals surface area contributed by atoms with Gasteiger partial charge in [0.25, 0.3) is 0 Å². The summed E-state index contributed by atoms with van der Waals surface area (Å²) in [5.74, 6) is -0.870. The highest BCUT2D eigenvalue weighted by Gasteiger charge is 2.12. The van der Waals surface area contributed by atoms with E-state index in [1.165, 1.54) is 18.2 Å². The van der Waals surface area contributed by atoms with Crippen molar-refractivity contribution in [2.24, 2.45) is 5.92 Å². The Hall–Kier alpha value is -2.13. The lowest BCUT2D eigenvalue weighted by atomic mass is 10.2. The van der Waals surface area contributed by atoms with Gasteiger partial charge in [0.2, 0.25) is 5.91 Å². The van der Waals surface area contributed by atoms with E-state index in [9.17, 15) is 9.18 Å². The van der Waals surface area contributed by atoms with E-state index >= 15 is 0 Å². The molecule has 1 aromatic rings. The minimum absolute atomic E-state index is 0.0839. The van der Waals surface area contributed by atoms with Crippen molar-refractivity contribution in [1.82, 2.24) is 4.90 Å². The summed E-state index contributed by atoms with van der Waals surface area (Å²) in [6, 6.07) is 6.21. The summed E-state index contributed by atoms with van der Waals surface area (Å²) in [5, 5.41) is 11.3. The molecular weight excluding hydrogens is 271 g/mol. The van der Waals surface area contributed by atoms with Crippen molar-refractivity contribution in [3.63, 3.8) is 0 Å². The number of carbonyl (C=O) groups is 1. The summed E-state index contributed by atoms with van der Waals surface area (Å²) in [7, 11) is 0. The lowest BCUT2D eigenvalue weighted by Crippen LogP contribution is -2.31. The summed E-state index contributed by atoms with van der Waals surface area (Å²) in [6.07, 6.45) is 0.236. The molecule has 114 valence electrons. The molecule has 0 heterocycles. The number of hydrogen-bond acceptors (Lipinski definition) is 4. The number of hydrogen-bond donors (Lipinski definition) is 2. The number of nitriles is 1. The number of nitrogen functional groups attached to an aromatic ring is 1. The number of halogens is 1. The van der Waals surface area contributed by atoms with Gasteiger partial charge in [0, 0.05) is 25.2 Å². The molecule has 1 unspecified atom stereocenters. The Morgan fingerprint density at radius 3 is 2.90 bits per heavy atom. The number of nitrogens with zero attached hydrogens (tertiary/aromatic N) is 2. The molecule has 0 aliphatic rings. The third-order valence-electron chi connectivity index (χ3n) is 3.12. The van der Waals surface area contributed by atoms with Gasteiger partial charge in [0.1, 0.15) is 5.82 Å². The largest absolute Gasteiger partial charge is 0.399 e. The van der Waals surface area contributed by atoms with E-state index in [2.05, 4.69) is 11.4 Å². The fraction of sp³-hybridized carbons (Fsp3) is 0.467. The second kappa shape index (κ2) is 8.22. The minimum Gasteiger partial charge on any atom is -0.399 e. The Kier molecular flexibility index (Phi) is 6.63. The molecule has 21 heavy (non-hydrogen) atoms. The van der Waals surface area contributed by atoms with Crippen LogP contribution in [0.3, 0.4) is 0 Å². The number of amides is 1. The molecule has 0 aromatic heterocycles. The van der Waals surface area contributed by atoms with Crippen LogP contribution in [0.15, 0.2) is 18.2 Å². The van der Waals surface area contributed by atoms with Crippen LogP contribution in [0.25, 0.3) is 0 Å². The van der Waals surface area contributed by atoms with Gasteiger partial charge in [-0.2, -0.15) is 5.26 Å². The first kappa shape index (κ1) is 16.9. The van der Waals surface area contributed by atoms with Crippen LogP contribution in [-0.4, -0.2) is 30.4 Å². The SMILES string of the molecule is CCN(CCC(=O)Nc1cc(N)ccc1F)CC(C)C#N. The monoisotopic (exact) mass is 292 g/mol. The highest BCUT2D eigenvalue weighted by atomic mass is 19.1. The highest BCUT2D eigenvalue weighted by Crippen LogP contribution is 2.17. The molecule has 5 nitrogen and oxygen atoms in total. The fourth-order valence-electron chi connectivity index (χ4n) is 1.92. The molecule has 0 radical (unpaired) electrons. The predicted molar refractivity (Wildman–Crippen MR) is 81.0 cm³/mol. The van der Waals surface area contributed by atoms with Gasteiger partial charge in [-0.05, 0) is 31.7 Å². The van der Waals surface area contributed by atoms with Gasteiger partial charge in [-0.25, -0.2) is 4.39 Å². The van der Waals surface area contributed by atoms with E-state index in [-0.39, 0.29) is 23.9 Å². The molecular formula is C15H21FN4O. The van der Waals surface area contributed by atoms with Gasteiger partial charge < -0.3 is 16.0 Å². The average molecular weight is 292 g/mol. The average Bonchev–Trinajstić information content (AvgIpc) is 2.46. The topological polar surface area (TPSA) is 82.2 Å². The van der Waals surface area contributed by atoms with E-state index in [0.717, 1.165) is 6.54 Å². The number of nitrogens with one attached hydrogen (secondary N) is 1. The summed E-state index contributed by atoms with van der Waals surface area (Å²) >= 11 is 0. The molecule has 0 saturated heterocycles. The van der Waals surface area contributed by atoms with Gasteiger partial charge in [-0.1, -0.05) is 6.92 Å². The number of anilines is 2. The zero-order chi connectivity index (χ0) is 15.8. The maximum atomic E-state index is 13.5. The molecule has 0 fully saturated rings. The molecule has 1 aromatic carbocycles. The van der Waals surface area contributed by atoms with Crippen molar-refractivity contribution in [3.8, 4) is 6.07 Å². The Morgan fingerprint density at radius 1 is 1.57 bits per heavy atom. The number of rotatable bonds is 7. The second-order valence-corrected chi connectivity index (χ2v) is 4.96. The molecule has 1 atom stereocenters. The van der Waals surface area contributed by atoms with E-state index in [1.54, 1.807) is 0 Å². The van der Waals surface area contributed by atoms with Gasteiger partial charge in [-0.15, -0.1) is 0 Å². The quantitative estimate of drug-likeness (QED) is 0.755. The molecule has 0 aliphatic carbocycles. The third-order valence-corrected chi connectivity index (χ3v) is 3.12. The van der Waals surface area contributed by atoms with Crippen molar-refractivity contribution in [3.05, 3.63) is 24.0 Å². The summed E-state index contributed by atoms with van der Waals surface area (Å²) in [6.45, 7) is 5.71. The minimum atomic E-state index is -0.511. The fourth-order valence-corrected chi connectivity index (χ4v) is 1.92. The number of carbonyl (C=O) groups excluding carboxylic acids is 1. The van der Waals surface area contributed by atoms with Gasteiger partial charge in [-0.3, -0.25) is 4.79 Å². The van der Waals surface area contributed by atoms with Crippen molar-refractivity contribution in [2.45, 2.75) is 20.3 Å². The van der Waals surface area contributed by atoms with Crippen LogP contribution in [0.5, 0.6) is 0 Å². The van der Waals surface area contributed by atoms with E-state index in [1.807, 2.05) is 18.7 Å². The van der Waals surface area contributed by atoms with E-state index in [4.69, 9.17) is 11.0 Å². The Bertz CT molecular complexity index is 527. The second-order valence-electron chi connectivity index (χ2n) is 4.96. The van der Waals surface area contributed by atoms with Crippen LogP contribution < -0.4 is 11.1 Å². The van der Waals surface area contributed by atoms with Crippen molar-refractivity contribution >= 4 is 17.3 Å². The molecule has 1 amide bonds. The summed E-state index contributed by atoms with van der Waals surface area (Å²) < 4.78 is 13.5. The van der Waals surface area contributed by atoms with Crippen LogP contribution in [0.2, 0.25) is 0 Å². The summed E-state index contributed by atoms with van der Waals surface area (Å²) in [5.41, 5.74) is 6.04. The van der Waals surface area contributed by atoms with Crippen LogP contribution in [0.1, 0.15) is 20.3 Å².